The number of rotatable bonds is 0. The van der Waals surface area contributed by atoms with Gasteiger partial charge in [-0.1, -0.05) is 0 Å². The van der Waals surface area contributed by atoms with E-state index in [1.54, 1.807) is 0 Å². The molecule has 2 nitrogen and oxygen atoms in total. The second-order valence-corrected chi connectivity index (χ2v) is 3.20. The number of nitrogens with zero attached hydrogens (tertiary/aromatic N) is 1. The normalized spacial score (nSPS) is 10.7. The number of fused-ring (bicyclic) bond motifs is 1. The molecule has 2 rings (SSSR count). The Hall–Kier alpha value is -0.610. The van der Waals surface area contributed by atoms with E-state index < -0.39 is 0 Å². The van der Waals surface area contributed by atoms with Crippen molar-refractivity contribution in [2.24, 2.45) is 0 Å². The van der Waals surface area contributed by atoms with E-state index in [2.05, 4.69) is 35.2 Å². The minimum atomic E-state index is 0.638. The van der Waals surface area contributed by atoms with Crippen molar-refractivity contribution < 1.29 is 0 Å². The van der Waals surface area contributed by atoms with Crippen molar-refractivity contribution in [3.8, 4) is 0 Å². The Morgan fingerprint density at radius 2 is 2.09 bits per heavy atom. The lowest BCUT2D eigenvalue weighted by molar-refractivity contribution is 1.09. The number of hydrogen-bond acceptors (Lipinski definition) is 3. The zero-order valence-electron chi connectivity index (χ0n) is 5.57. The number of imidazole rings is 1. The lowest BCUT2D eigenvalue weighted by Gasteiger charge is -1.88. The monoisotopic (exact) mass is 182 g/mol. The smallest absolute Gasteiger partial charge is 0.163 e. The molecule has 0 unspecified atom stereocenters. The minimum Gasteiger partial charge on any atom is -0.333 e. The molecule has 56 valence electrons. The summed E-state index contributed by atoms with van der Waals surface area (Å²) in [5.74, 6) is 0. The molecule has 4 heteroatoms. The second kappa shape index (κ2) is 2.46. The molecule has 0 radical (unpaired) electrons. The summed E-state index contributed by atoms with van der Waals surface area (Å²) in [4.78, 5) is 8.06. The van der Waals surface area contributed by atoms with Crippen LogP contribution in [0.3, 0.4) is 0 Å². The van der Waals surface area contributed by atoms with Crippen LogP contribution in [0.25, 0.3) is 11.0 Å². The molecule has 2 aromatic rings. The number of thiol groups is 2. The first-order valence-electron chi connectivity index (χ1n) is 3.13. The summed E-state index contributed by atoms with van der Waals surface area (Å²) in [5.41, 5.74) is 1.90. The number of benzene rings is 1. The topological polar surface area (TPSA) is 28.7 Å². The Labute approximate surface area is 74.9 Å². The molecule has 1 heterocycles. The number of hydrogen-bond donors (Lipinski definition) is 3. The third kappa shape index (κ3) is 1.23. The van der Waals surface area contributed by atoms with Crippen molar-refractivity contribution in [1.82, 2.24) is 9.97 Å². The molecule has 0 saturated carbocycles. The fourth-order valence-corrected chi connectivity index (χ4v) is 1.42. The van der Waals surface area contributed by atoms with Crippen molar-refractivity contribution in [3.05, 3.63) is 18.2 Å². The van der Waals surface area contributed by atoms with Gasteiger partial charge in [0.2, 0.25) is 0 Å². The average molecular weight is 182 g/mol. The van der Waals surface area contributed by atoms with Gasteiger partial charge in [0.05, 0.1) is 11.0 Å². The third-order valence-electron chi connectivity index (χ3n) is 1.45. The number of nitrogens with one attached hydrogen (secondary N) is 1. The molecular weight excluding hydrogens is 176 g/mol. The van der Waals surface area contributed by atoms with Gasteiger partial charge in [0.15, 0.2) is 5.16 Å². The number of aromatic amines is 1. The van der Waals surface area contributed by atoms with Gasteiger partial charge in [0.1, 0.15) is 0 Å². The van der Waals surface area contributed by atoms with Crippen LogP contribution in [0.5, 0.6) is 0 Å². The van der Waals surface area contributed by atoms with Crippen LogP contribution in [0, 0.1) is 0 Å². The largest absolute Gasteiger partial charge is 0.333 e. The lowest BCUT2D eigenvalue weighted by Crippen LogP contribution is -1.68. The fourth-order valence-electron chi connectivity index (χ4n) is 0.984. The Balaban J connectivity index is 2.82. The van der Waals surface area contributed by atoms with Gasteiger partial charge in [0, 0.05) is 4.90 Å². The maximum absolute atomic E-state index is 4.20. The molecule has 0 fully saturated rings. The average Bonchev–Trinajstić information content (AvgIpc) is 2.27. The standard InChI is InChI=1S/C7H6N2S2/c10-4-1-2-5-6(3-4)9-7(11)8-5/h1-3,10H,(H2,8,9,11). The highest BCUT2D eigenvalue weighted by atomic mass is 32.1. The summed E-state index contributed by atoms with van der Waals surface area (Å²) in [7, 11) is 0. The predicted molar refractivity (Wildman–Crippen MR) is 50.6 cm³/mol. The van der Waals surface area contributed by atoms with Gasteiger partial charge >= 0.3 is 0 Å². The van der Waals surface area contributed by atoms with E-state index in [0.717, 1.165) is 15.9 Å². The SMILES string of the molecule is Sc1ccc2nc(S)[nH]c2c1. The van der Waals surface area contributed by atoms with Crippen LogP contribution >= 0.6 is 25.3 Å². The zero-order valence-corrected chi connectivity index (χ0v) is 7.36. The zero-order chi connectivity index (χ0) is 7.84. The molecule has 0 bridgehead atoms. The van der Waals surface area contributed by atoms with Crippen LogP contribution in [0.2, 0.25) is 0 Å². The molecule has 1 aromatic carbocycles. The molecule has 1 N–H and O–H groups in total. The maximum Gasteiger partial charge on any atom is 0.163 e. The Morgan fingerprint density at radius 1 is 1.27 bits per heavy atom. The van der Waals surface area contributed by atoms with E-state index in [-0.39, 0.29) is 0 Å². The summed E-state index contributed by atoms with van der Waals surface area (Å²) in [6.07, 6.45) is 0. The summed E-state index contributed by atoms with van der Waals surface area (Å²) in [5, 5.41) is 0.638. The Bertz CT molecular complexity index is 394. The van der Waals surface area contributed by atoms with Gasteiger partial charge in [-0.2, -0.15) is 0 Å². The van der Waals surface area contributed by atoms with Gasteiger partial charge in [-0.15, -0.1) is 25.3 Å². The summed E-state index contributed by atoms with van der Waals surface area (Å²) < 4.78 is 0. The van der Waals surface area contributed by atoms with Gasteiger partial charge in [-0.3, -0.25) is 0 Å². The van der Waals surface area contributed by atoms with Crippen LogP contribution in [0.4, 0.5) is 0 Å². The molecule has 0 amide bonds. The first kappa shape index (κ1) is 7.06. The molecule has 1 aromatic heterocycles. The van der Waals surface area contributed by atoms with E-state index >= 15 is 0 Å². The molecule has 0 saturated heterocycles. The molecule has 11 heavy (non-hydrogen) atoms. The second-order valence-electron chi connectivity index (χ2n) is 2.26. The Morgan fingerprint density at radius 3 is 2.91 bits per heavy atom. The van der Waals surface area contributed by atoms with Gasteiger partial charge in [-0.25, -0.2) is 4.98 Å². The van der Waals surface area contributed by atoms with Gasteiger partial charge < -0.3 is 4.98 Å². The quantitative estimate of drug-likeness (QED) is 0.535. The van der Waals surface area contributed by atoms with E-state index in [4.69, 9.17) is 0 Å². The predicted octanol–water partition coefficient (Wildman–Crippen LogP) is 2.14. The highest BCUT2D eigenvalue weighted by molar-refractivity contribution is 7.80. The number of H-pyrrole nitrogens is 1. The third-order valence-corrected chi connectivity index (χ3v) is 1.94. The number of aromatic nitrogens is 2. The summed E-state index contributed by atoms with van der Waals surface area (Å²) >= 11 is 8.28. The molecule has 0 aliphatic heterocycles. The van der Waals surface area contributed by atoms with Crippen LogP contribution in [0.15, 0.2) is 28.3 Å². The van der Waals surface area contributed by atoms with Crippen molar-refractivity contribution in [1.29, 1.82) is 0 Å². The maximum atomic E-state index is 4.20. The lowest BCUT2D eigenvalue weighted by atomic mass is 10.3. The summed E-state index contributed by atoms with van der Waals surface area (Å²) in [6, 6.07) is 5.73. The van der Waals surface area contributed by atoms with Crippen LogP contribution < -0.4 is 0 Å². The van der Waals surface area contributed by atoms with Gasteiger partial charge in [0.25, 0.3) is 0 Å². The molecule has 0 aliphatic carbocycles. The Kier molecular flexibility index (Phi) is 1.58. The van der Waals surface area contributed by atoms with Crippen LogP contribution in [-0.4, -0.2) is 9.97 Å². The van der Waals surface area contributed by atoms with Crippen LogP contribution in [0.1, 0.15) is 0 Å². The van der Waals surface area contributed by atoms with Crippen molar-refractivity contribution >= 4 is 36.3 Å². The van der Waals surface area contributed by atoms with E-state index in [9.17, 15) is 0 Å². The summed E-state index contributed by atoms with van der Waals surface area (Å²) in [6.45, 7) is 0. The molecular formula is C7H6N2S2. The van der Waals surface area contributed by atoms with Crippen molar-refractivity contribution in [2.45, 2.75) is 10.1 Å². The minimum absolute atomic E-state index is 0.638. The molecule has 0 aliphatic rings. The highest BCUT2D eigenvalue weighted by Gasteiger charge is 1.97. The van der Waals surface area contributed by atoms with E-state index in [1.807, 2.05) is 18.2 Å². The molecule has 0 spiro atoms. The van der Waals surface area contributed by atoms with E-state index in [0.29, 0.717) is 5.16 Å². The highest BCUT2D eigenvalue weighted by Crippen LogP contribution is 2.16. The van der Waals surface area contributed by atoms with Crippen molar-refractivity contribution in [2.75, 3.05) is 0 Å². The first-order chi connectivity index (χ1) is 5.25. The van der Waals surface area contributed by atoms with Crippen LogP contribution in [-0.2, 0) is 0 Å². The van der Waals surface area contributed by atoms with Crippen molar-refractivity contribution in [3.63, 3.8) is 0 Å². The van der Waals surface area contributed by atoms with E-state index in [1.165, 1.54) is 0 Å². The van der Waals surface area contributed by atoms with Gasteiger partial charge in [-0.05, 0) is 18.2 Å². The first-order valence-corrected chi connectivity index (χ1v) is 4.03. The molecule has 0 atom stereocenters. The fraction of sp³-hybridized carbons (Fsp3) is 0.